The Morgan fingerprint density at radius 3 is 2.47 bits per heavy atom. The van der Waals surface area contributed by atoms with E-state index in [1.54, 1.807) is 0 Å². The Morgan fingerprint density at radius 2 is 1.69 bits per heavy atom. The smallest absolute Gasteiger partial charge is 0.315 e. The largest absolute Gasteiger partial charge is 0.465 e. The van der Waals surface area contributed by atoms with E-state index in [2.05, 4.69) is 77.4 Å². The first-order valence-electron chi connectivity index (χ1n) is 17.1. The molecule has 3 aromatic rings. The van der Waals surface area contributed by atoms with Crippen LogP contribution in [0.25, 0.3) is 0 Å². The van der Waals surface area contributed by atoms with Gasteiger partial charge in [-0.05, 0) is 131 Å². The van der Waals surface area contributed by atoms with Gasteiger partial charge in [0.25, 0.3) is 0 Å². The second kappa shape index (κ2) is 15.3. The number of benzene rings is 3. The van der Waals surface area contributed by atoms with Gasteiger partial charge in [0.05, 0.1) is 12.0 Å². The molecule has 1 saturated heterocycles. The Labute approximate surface area is 271 Å². The van der Waals surface area contributed by atoms with Crippen LogP contribution < -0.4 is 0 Å². The van der Waals surface area contributed by atoms with E-state index in [0.717, 1.165) is 76.1 Å². The van der Waals surface area contributed by atoms with Gasteiger partial charge in [0.1, 0.15) is 0 Å². The number of piperidine rings is 1. The lowest BCUT2D eigenvalue weighted by molar-refractivity contribution is -0.148. The maximum Gasteiger partial charge on any atom is 0.315 e. The van der Waals surface area contributed by atoms with Gasteiger partial charge >= 0.3 is 5.97 Å². The lowest BCUT2D eigenvalue weighted by Crippen LogP contribution is -2.34. The van der Waals surface area contributed by atoms with Gasteiger partial charge in [0.15, 0.2) is 5.78 Å². The molecule has 0 amide bonds. The van der Waals surface area contributed by atoms with Crippen LogP contribution in [0.4, 0.5) is 0 Å². The molecule has 0 radical (unpaired) electrons. The van der Waals surface area contributed by atoms with Crippen molar-refractivity contribution in [3.63, 3.8) is 0 Å². The molecule has 45 heavy (non-hydrogen) atoms. The molecule has 1 fully saturated rings. The molecule has 0 aromatic heterocycles. The number of hydrogen-bond acceptors (Lipinski definition) is 5. The average molecular weight is 609 g/mol. The number of carbonyl (C=O) groups is 2. The summed E-state index contributed by atoms with van der Waals surface area (Å²) in [6.07, 6.45) is 7.32. The number of carbonyl (C=O) groups excluding carboxylic acids is 2. The van der Waals surface area contributed by atoms with Crippen LogP contribution >= 0.6 is 0 Å². The van der Waals surface area contributed by atoms with E-state index < -0.39 is 5.41 Å². The van der Waals surface area contributed by atoms with Crippen molar-refractivity contribution in [2.45, 2.75) is 97.7 Å². The Kier molecular flexibility index (Phi) is 11.3. The zero-order chi connectivity index (χ0) is 31.8. The van der Waals surface area contributed by atoms with Gasteiger partial charge in [-0.1, -0.05) is 60.7 Å². The second-order valence-corrected chi connectivity index (χ2v) is 13.8. The molecule has 5 nitrogen and oxygen atoms in total. The predicted molar refractivity (Wildman–Crippen MR) is 182 cm³/mol. The normalized spacial score (nSPS) is 16.6. The van der Waals surface area contributed by atoms with Gasteiger partial charge in [-0.15, -0.1) is 0 Å². The number of rotatable bonds is 12. The van der Waals surface area contributed by atoms with E-state index in [1.807, 2.05) is 26.8 Å². The molecule has 0 unspecified atom stereocenters. The van der Waals surface area contributed by atoms with Gasteiger partial charge in [0.2, 0.25) is 0 Å². The molecule has 0 atom stereocenters. The zero-order valence-electron chi connectivity index (χ0n) is 27.9. The van der Waals surface area contributed by atoms with Crippen LogP contribution in [-0.2, 0) is 41.0 Å². The summed E-state index contributed by atoms with van der Waals surface area (Å²) in [6, 6.07) is 23.5. The summed E-state index contributed by atoms with van der Waals surface area (Å²) in [5, 5.41) is 0. The second-order valence-electron chi connectivity index (χ2n) is 13.8. The molecule has 5 heteroatoms. The summed E-state index contributed by atoms with van der Waals surface area (Å²) < 4.78 is 5.31. The van der Waals surface area contributed by atoms with Gasteiger partial charge in [-0.2, -0.15) is 0 Å². The minimum atomic E-state index is -0.656. The van der Waals surface area contributed by atoms with Gasteiger partial charge < -0.3 is 4.74 Å². The van der Waals surface area contributed by atoms with Crippen LogP contribution in [0, 0.1) is 12.8 Å². The van der Waals surface area contributed by atoms with Gasteiger partial charge in [-0.3, -0.25) is 19.4 Å². The standard InChI is InChI=1S/C40H52N2O3/c1-5-45-39(44)40(3,4)37-16-8-13-32(25-37)27-41-23-20-31(21-24-41)12-9-17-38(43)34-19-18-33-15-10-22-42(29-36(33)26-34)28-35-14-7-6-11-30(35)2/h6-8,11,13-14,16,18-19,25-26,31H,5,9-10,12,15,17,20-24,27-29H2,1-4H3. The third-order valence-corrected chi connectivity index (χ3v) is 10.1. The van der Waals surface area contributed by atoms with E-state index in [4.69, 9.17) is 4.74 Å². The number of hydrogen-bond donors (Lipinski definition) is 0. The van der Waals surface area contributed by atoms with Crippen molar-refractivity contribution in [3.05, 3.63) is 106 Å². The molecule has 5 rings (SSSR count). The Balaban J connectivity index is 1.07. The average Bonchev–Trinajstić information content (AvgIpc) is 3.24. The van der Waals surface area contributed by atoms with Crippen LogP contribution in [0.5, 0.6) is 0 Å². The molecule has 2 aliphatic rings. The topological polar surface area (TPSA) is 49.9 Å². The van der Waals surface area contributed by atoms with E-state index in [9.17, 15) is 9.59 Å². The fourth-order valence-electron chi connectivity index (χ4n) is 7.04. The monoisotopic (exact) mass is 608 g/mol. The third kappa shape index (κ3) is 8.71. The highest BCUT2D eigenvalue weighted by Crippen LogP contribution is 2.29. The Hall–Kier alpha value is -3.28. The number of Topliss-reactive ketones (excluding diaryl/α,β-unsaturated/α-hetero) is 1. The first-order valence-corrected chi connectivity index (χ1v) is 17.1. The number of aryl methyl sites for hydroxylation is 2. The molecule has 240 valence electrons. The highest BCUT2D eigenvalue weighted by Gasteiger charge is 2.31. The number of ether oxygens (including phenoxy) is 1. The highest BCUT2D eigenvalue weighted by atomic mass is 16.5. The lowest BCUT2D eigenvalue weighted by atomic mass is 9.84. The van der Waals surface area contributed by atoms with Crippen molar-refractivity contribution in [2.24, 2.45) is 5.92 Å². The Bertz CT molecular complexity index is 1450. The maximum atomic E-state index is 13.3. The molecular formula is C40H52N2O3. The molecule has 3 aromatic carbocycles. The molecule has 0 bridgehead atoms. The molecule has 2 heterocycles. The highest BCUT2D eigenvalue weighted by molar-refractivity contribution is 5.96. The van der Waals surface area contributed by atoms with Crippen molar-refractivity contribution in [3.8, 4) is 0 Å². The van der Waals surface area contributed by atoms with Crippen LogP contribution in [-0.4, -0.2) is 47.8 Å². The third-order valence-electron chi connectivity index (χ3n) is 10.1. The fraction of sp³-hybridized carbons (Fsp3) is 0.500. The van der Waals surface area contributed by atoms with Gasteiger partial charge in [-0.25, -0.2) is 0 Å². The van der Waals surface area contributed by atoms with Crippen molar-refractivity contribution in [2.75, 3.05) is 26.2 Å². The number of ketones is 1. The molecular weight excluding hydrogens is 556 g/mol. The van der Waals surface area contributed by atoms with Crippen LogP contribution in [0.3, 0.4) is 0 Å². The first kappa shape index (κ1) is 33.1. The number of likely N-dealkylation sites (tertiary alicyclic amines) is 1. The van der Waals surface area contributed by atoms with Crippen molar-refractivity contribution < 1.29 is 14.3 Å². The first-order chi connectivity index (χ1) is 21.7. The van der Waals surface area contributed by atoms with E-state index in [1.165, 1.54) is 40.7 Å². The SMILES string of the molecule is CCOC(=O)C(C)(C)c1cccc(CN2CCC(CCCC(=O)c3ccc4c(c3)CN(Cc3ccccc3C)CCC4)CC2)c1. The summed E-state index contributed by atoms with van der Waals surface area (Å²) >= 11 is 0. The minimum absolute atomic E-state index is 0.177. The fourth-order valence-corrected chi connectivity index (χ4v) is 7.04. The van der Waals surface area contributed by atoms with Crippen molar-refractivity contribution >= 4 is 11.8 Å². The molecule has 0 spiro atoms. The lowest BCUT2D eigenvalue weighted by Gasteiger charge is -2.32. The van der Waals surface area contributed by atoms with Gasteiger partial charge in [0, 0.05) is 31.6 Å². The summed E-state index contributed by atoms with van der Waals surface area (Å²) in [6.45, 7) is 14.3. The quantitative estimate of drug-likeness (QED) is 0.154. The molecule has 0 saturated carbocycles. The van der Waals surface area contributed by atoms with Crippen molar-refractivity contribution in [1.29, 1.82) is 0 Å². The predicted octanol–water partition coefficient (Wildman–Crippen LogP) is 8.05. The Morgan fingerprint density at radius 1 is 0.889 bits per heavy atom. The summed E-state index contributed by atoms with van der Waals surface area (Å²) in [5.74, 6) is 0.796. The van der Waals surface area contributed by atoms with Crippen LogP contribution in [0.1, 0.15) is 103 Å². The minimum Gasteiger partial charge on any atom is -0.465 e. The van der Waals surface area contributed by atoms with Crippen LogP contribution in [0.2, 0.25) is 0 Å². The van der Waals surface area contributed by atoms with Crippen LogP contribution in [0.15, 0.2) is 66.7 Å². The summed E-state index contributed by atoms with van der Waals surface area (Å²) in [4.78, 5) is 30.8. The maximum absolute atomic E-state index is 13.3. The summed E-state index contributed by atoms with van der Waals surface area (Å²) in [7, 11) is 0. The van der Waals surface area contributed by atoms with Crippen molar-refractivity contribution in [1.82, 2.24) is 9.80 Å². The number of nitrogens with zero attached hydrogens (tertiary/aromatic N) is 2. The zero-order valence-corrected chi connectivity index (χ0v) is 27.9. The van der Waals surface area contributed by atoms with E-state index >= 15 is 0 Å². The molecule has 0 aliphatic carbocycles. The molecule has 2 aliphatic heterocycles. The summed E-state index contributed by atoms with van der Waals surface area (Å²) in [5.41, 5.74) is 7.95. The van der Waals surface area contributed by atoms with E-state index in [-0.39, 0.29) is 11.8 Å². The molecule has 0 N–H and O–H groups in total. The number of fused-ring (bicyclic) bond motifs is 1. The van der Waals surface area contributed by atoms with E-state index in [0.29, 0.717) is 18.9 Å². The number of esters is 1.